The van der Waals surface area contributed by atoms with Crippen LogP contribution in [-0.2, 0) is 10.0 Å². The SMILES string of the molecule is Cc1ccc(S(=O)(=O)N2CCN(C(=O)c3cccc(Cl)c3)CC2)cc1. The Kier molecular flexibility index (Phi) is 5.13. The minimum absolute atomic E-state index is 0.130. The average Bonchev–Trinajstić information content (AvgIpc) is 2.61. The molecule has 7 heteroatoms. The maximum atomic E-state index is 12.7. The van der Waals surface area contributed by atoms with E-state index in [0.717, 1.165) is 5.56 Å². The topological polar surface area (TPSA) is 57.7 Å². The lowest BCUT2D eigenvalue weighted by atomic mass is 10.2. The fraction of sp³-hybridized carbons (Fsp3) is 0.278. The minimum atomic E-state index is -3.53. The van der Waals surface area contributed by atoms with Crippen molar-refractivity contribution in [2.45, 2.75) is 11.8 Å². The van der Waals surface area contributed by atoms with E-state index >= 15 is 0 Å². The van der Waals surface area contributed by atoms with Gasteiger partial charge in [0.1, 0.15) is 0 Å². The summed E-state index contributed by atoms with van der Waals surface area (Å²) in [5, 5.41) is 0.506. The van der Waals surface area contributed by atoms with Gasteiger partial charge in [-0.1, -0.05) is 35.4 Å². The molecule has 0 unspecified atom stereocenters. The van der Waals surface area contributed by atoms with Gasteiger partial charge in [0.25, 0.3) is 5.91 Å². The molecule has 1 aliphatic heterocycles. The van der Waals surface area contributed by atoms with Crippen LogP contribution in [0.15, 0.2) is 53.4 Å². The summed E-state index contributed by atoms with van der Waals surface area (Å²) >= 11 is 5.93. The summed E-state index contributed by atoms with van der Waals surface area (Å²) in [4.78, 5) is 14.5. The molecule has 1 aliphatic rings. The molecule has 1 fully saturated rings. The third-order valence-electron chi connectivity index (χ3n) is 4.26. The third kappa shape index (κ3) is 3.86. The highest BCUT2D eigenvalue weighted by Crippen LogP contribution is 2.19. The first kappa shape index (κ1) is 17.9. The summed E-state index contributed by atoms with van der Waals surface area (Å²) in [7, 11) is -3.53. The second kappa shape index (κ2) is 7.15. The second-order valence-corrected chi connectivity index (χ2v) is 8.39. The number of carbonyl (C=O) groups excluding carboxylic acids is 1. The van der Waals surface area contributed by atoms with Gasteiger partial charge in [0.05, 0.1) is 4.90 Å². The number of rotatable bonds is 3. The van der Waals surface area contributed by atoms with E-state index in [0.29, 0.717) is 23.7 Å². The Morgan fingerprint density at radius 2 is 1.64 bits per heavy atom. The largest absolute Gasteiger partial charge is 0.336 e. The molecule has 5 nitrogen and oxygen atoms in total. The molecule has 132 valence electrons. The normalized spacial score (nSPS) is 16.0. The molecule has 1 heterocycles. The van der Waals surface area contributed by atoms with E-state index in [4.69, 9.17) is 11.6 Å². The van der Waals surface area contributed by atoms with E-state index < -0.39 is 10.0 Å². The summed E-state index contributed by atoms with van der Waals surface area (Å²) in [6, 6.07) is 13.6. The molecule has 0 saturated carbocycles. The molecule has 25 heavy (non-hydrogen) atoms. The van der Waals surface area contributed by atoms with Crippen molar-refractivity contribution in [2.24, 2.45) is 0 Å². The van der Waals surface area contributed by atoms with Crippen molar-refractivity contribution in [1.82, 2.24) is 9.21 Å². The van der Waals surface area contributed by atoms with Gasteiger partial charge in [0.2, 0.25) is 10.0 Å². The number of nitrogens with zero attached hydrogens (tertiary/aromatic N) is 2. The van der Waals surface area contributed by atoms with Crippen molar-refractivity contribution in [1.29, 1.82) is 0 Å². The van der Waals surface area contributed by atoms with Crippen LogP contribution < -0.4 is 0 Å². The predicted molar refractivity (Wildman–Crippen MR) is 97.3 cm³/mol. The van der Waals surface area contributed by atoms with Crippen molar-refractivity contribution in [3.63, 3.8) is 0 Å². The number of aryl methyl sites for hydroxylation is 1. The third-order valence-corrected chi connectivity index (χ3v) is 6.40. The monoisotopic (exact) mass is 378 g/mol. The standard InChI is InChI=1S/C18H19ClN2O3S/c1-14-5-7-17(8-6-14)25(23,24)21-11-9-20(10-12-21)18(22)15-3-2-4-16(19)13-15/h2-8,13H,9-12H2,1H3. The lowest BCUT2D eigenvalue weighted by Gasteiger charge is -2.34. The Labute approximate surface area is 152 Å². The average molecular weight is 379 g/mol. The van der Waals surface area contributed by atoms with E-state index in [2.05, 4.69) is 0 Å². The molecule has 0 N–H and O–H groups in total. The lowest BCUT2D eigenvalue weighted by Crippen LogP contribution is -2.50. The summed E-state index contributed by atoms with van der Waals surface area (Å²) in [6.07, 6.45) is 0. The molecule has 0 aliphatic carbocycles. The fourth-order valence-corrected chi connectivity index (χ4v) is 4.41. The van der Waals surface area contributed by atoms with Crippen LogP contribution in [-0.4, -0.2) is 49.7 Å². The van der Waals surface area contributed by atoms with Crippen LogP contribution in [0, 0.1) is 6.92 Å². The van der Waals surface area contributed by atoms with Crippen LogP contribution in [0.2, 0.25) is 5.02 Å². The first-order valence-corrected chi connectivity index (χ1v) is 9.81. The van der Waals surface area contributed by atoms with Gasteiger partial charge in [-0.15, -0.1) is 0 Å². The lowest BCUT2D eigenvalue weighted by molar-refractivity contribution is 0.0698. The van der Waals surface area contributed by atoms with E-state index in [1.54, 1.807) is 53.4 Å². The Balaban J connectivity index is 1.69. The van der Waals surface area contributed by atoms with E-state index in [-0.39, 0.29) is 23.9 Å². The van der Waals surface area contributed by atoms with E-state index in [9.17, 15) is 13.2 Å². The van der Waals surface area contributed by atoms with Gasteiger partial charge in [-0.2, -0.15) is 4.31 Å². The molecule has 0 aromatic heterocycles. The Hall–Kier alpha value is -1.89. The molecule has 1 saturated heterocycles. The first-order valence-electron chi connectivity index (χ1n) is 7.99. The number of sulfonamides is 1. The van der Waals surface area contributed by atoms with Crippen LogP contribution in [0.1, 0.15) is 15.9 Å². The molecule has 0 atom stereocenters. The summed E-state index contributed by atoms with van der Waals surface area (Å²) in [6.45, 7) is 3.19. The Morgan fingerprint density at radius 3 is 2.24 bits per heavy atom. The molecule has 3 rings (SSSR count). The smallest absolute Gasteiger partial charge is 0.253 e. The van der Waals surface area contributed by atoms with Crippen LogP contribution >= 0.6 is 11.6 Å². The maximum Gasteiger partial charge on any atom is 0.253 e. The zero-order chi connectivity index (χ0) is 18.0. The van der Waals surface area contributed by atoms with Gasteiger partial charge < -0.3 is 4.90 Å². The van der Waals surface area contributed by atoms with Gasteiger partial charge in [-0.25, -0.2) is 8.42 Å². The highest BCUT2D eigenvalue weighted by atomic mass is 35.5. The molecular formula is C18H19ClN2O3S. The number of hydrogen-bond acceptors (Lipinski definition) is 3. The highest BCUT2D eigenvalue weighted by molar-refractivity contribution is 7.89. The van der Waals surface area contributed by atoms with Gasteiger partial charge in [-0.05, 0) is 37.3 Å². The summed E-state index contributed by atoms with van der Waals surface area (Å²) in [5.41, 5.74) is 1.53. The van der Waals surface area contributed by atoms with Crippen molar-refractivity contribution in [3.05, 3.63) is 64.7 Å². The Bertz CT molecular complexity index is 873. The molecule has 0 bridgehead atoms. The van der Waals surface area contributed by atoms with Gasteiger partial charge >= 0.3 is 0 Å². The first-order chi connectivity index (χ1) is 11.9. The number of amides is 1. The van der Waals surface area contributed by atoms with Crippen molar-refractivity contribution in [2.75, 3.05) is 26.2 Å². The number of benzene rings is 2. The summed E-state index contributed by atoms with van der Waals surface area (Å²) < 4.78 is 26.8. The number of hydrogen-bond donors (Lipinski definition) is 0. The van der Waals surface area contributed by atoms with E-state index in [1.807, 2.05) is 6.92 Å². The van der Waals surface area contributed by atoms with Crippen molar-refractivity contribution < 1.29 is 13.2 Å². The number of halogens is 1. The van der Waals surface area contributed by atoms with Gasteiger partial charge in [-0.3, -0.25) is 4.79 Å². The second-order valence-electron chi connectivity index (χ2n) is 6.02. The minimum Gasteiger partial charge on any atom is -0.336 e. The zero-order valence-corrected chi connectivity index (χ0v) is 15.4. The van der Waals surface area contributed by atoms with Crippen molar-refractivity contribution >= 4 is 27.5 Å². The van der Waals surface area contributed by atoms with Gasteiger partial charge in [0, 0.05) is 36.8 Å². The number of carbonyl (C=O) groups is 1. The summed E-state index contributed by atoms with van der Waals surface area (Å²) in [5.74, 6) is -0.130. The van der Waals surface area contributed by atoms with E-state index in [1.165, 1.54) is 4.31 Å². The van der Waals surface area contributed by atoms with Gasteiger partial charge in [0.15, 0.2) is 0 Å². The fourth-order valence-electron chi connectivity index (χ4n) is 2.79. The molecule has 1 amide bonds. The van der Waals surface area contributed by atoms with Crippen molar-refractivity contribution in [3.8, 4) is 0 Å². The van der Waals surface area contributed by atoms with Crippen LogP contribution in [0.3, 0.4) is 0 Å². The quantitative estimate of drug-likeness (QED) is 0.825. The van der Waals surface area contributed by atoms with Crippen LogP contribution in [0.5, 0.6) is 0 Å². The van der Waals surface area contributed by atoms with Crippen LogP contribution in [0.4, 0.5) is 0 Å². The Morgan fingerprint density at radius 1 is 1.00 bits per heavy atom. The maximum absolute atomic E-state index is 12.7. The molecular weight excluding hydrogens is 360 g/mol. The zero-order valence-electron chi connectivity index (χ0n) is 13.9. The molecule has 2 aromatic rings. The molecule has 0 radical (unpaired) electrons. The molecule has 2 aromatic carbocycles. The molecule has 0 spiro atoms. The predicted octanol–water partition coefficient (Wildman–Crippen LogP) is 2.80. The highest BCUT2D eigenvalue weighted by Gasteiger charge is 2.30. The number of piperazine rings is 1. The van der Waals surface area contributed by atoms with Crippen LogP contribution in [0.25, 0.3) is 0 Å².